The van der Waals surface area contributed by atoms with E-state index in [1.807, 2.05) is 68.4 Å². The van der Waals surface area contributed by atoms with Crippen molar-refractivity contribution in [1.29, 1.82) is 0 Å². The second-order valence-electron chi connectivity index (χ2n) is 13.4. The number of aliphatic hydroxyl groups is 1. The van der Waals surface area contributed by atoms with Crippen molar-refractivity contribution in [2.75, 3.05) is 49.6 Å². The second kappa shape index (κ2) is 13.6. The van der Waals surface area contributed by atoms with Gasteiger partial charge in [0.15, 0.2) is 0 Å². The number of nitrogens with zero attached hydrogens (tertiary/aromatic N) is 4. The summed E-state index contributed by atoms with van der Waals surface area (Å²) in [5.41, 5.74) is 0.461. The number of hydrogen-bond acceptors (Lipinski definition) is 6. The van der Waals surface area contributed by atoms with Gasteiger partial charge in [0.1, 0.15) is 11.6 Å². The first-order valence-corrected chi connectivity index (χ1v) is 16.8. The van der Waals surface area contributed by atoms with E-state index in [9.17, 15) is 14.7 Å². The minimum absolute atomic E-state index is 0.101. The summed E-state index contributed by atoms with van der Waals surface area (Å²) in [6, 6.07) is 15.7. The van der Waals surface area contributed by atoms with Gasteiger partial charge in [-0.2, -0.15) is 0 Å². The van der Waals surface area contributed by atoms with Crippen LogP contribution in [0.4, 0.5) is 11.4 Å². The van der Waals surface area contributed by atoms with Gasteiger partial charge in [0.2, 0.25) is 11.8 Å². The molecule has 252 valence electrons. The summed E-state index contributed by atoms with van der Waals surface area (Å²) in [5.74, 6) is -2.61. The lowest BCUT2D eigenvalue weighted by atomic mass is 9.62. The van der Waals surface area contributed by atoms with Crippen LogP contribution < -0.4 is 9.80 Å². The van der Waals surface area contributed by atoms with Crippen LogP contribution in [-0.4, -0.2) is 95.7 Å². The molecular formula is C38H50N4O5. The highest BCUT2D eigenvalue weighted by Crippen LogP contribution is 2.66. The van der Waals surface area contributed by atoms with Crippen LogP contribution in [-0.2, 0) is 25.5 Å². The van der Waals surface area contributed by atoms with Crippen LogP contribution in [0.15, 0.2) is 79.9 Å². The topological polar surface area (TPSA) is 93.6 Å². The first-order valence-electron chi connectivity index (χ1n) is 16.8. The molecule has 9 heteroatoms. The number of aliphatic hydroxyl groups excluding tert-OH is 1. The number of amides is 3. The normalized spacial score (nSPS) is 28.1. The number of likely N-dealkylation sites (N-methyl/N-ethyl adjacent to an activating group) is 1. The summed E-state index contributed by atoms with van der Waals surface area (Å²) in [4.78, 5) is 51.2. The summed E-state index contributed by atoms with van der Waals surface area (Å²) >= 11 is 0. The van der Waals surface area contributed by atoms with Gasteiger partial charge in [-0.1, -0.05) is 49.4 Å². The summed E-state index contributed by atoms with van der Waals surface area (Å²) in [6.07, 6.45) is 4.11. The largest absolute Gasteiger partial charge is 0.394 e. The maximum atomic E-state index is 15.1. The molecule has 9 nitrogen and oxygen atoms in total. The number of carbonyl (C=O) groups excluding carboxylic acids is 3. The minimum Gasteiger partial charge on any atom is -0.394 e. The summed E-state index contributed by atoms with van der Waals surface area (Å²) < 4.78 is 6.97. The number of anilines is 2. The molecule has 2 aromatic rings. The molecule has 47 heavy (non-hydrogen) atoms. The van der Waals surface area contributed by atoms with Crippen molar-refractivity contribution in [1.82, 2.24) is 9.80 Å². The molecule has 7 atom stereocenters. The monoisotopic (exact) mass is 642 g/mol. The molecule has 0 radical (unpaired) electrons. The predicted octanol–water partition coefficient (Wildman–Crippen LogP) is 4.31. The van der Waals surface area contributed by atoms with Crippen molar-refractivity contribution in [2.24, 2.45) is 17.8 Å². The van der Waals surface area contributed by atoms with Crippen LogP contribution in [0.25, 0.3) is 0 Å². The number of benzene rings is 2. The van der Waals surface area contributed by atoms with Crippen LogP contribution in [0.3, 0.4) is 0 Å². The molecule has 3 fully saturated rings. The van der Waals surface area contributed by atoms with Crippen molar-refractivity contribution in [3.05, 3.63) is 85.5 Å². The number of carbonyl (C=O) groups is 3. The molecule has 3 aliphatic rings. The maximum absolute atomic E-state index is 15.1. The minimum atomic E-state index is -1.25. The van der Waals surface area contributed by atoms with Gasteiger partial charge in [0.25, 0.3) is 5.91 Å². The van der Waals surface area contributed by atoms with E-state index in [2.05, 4.69) is 31.9 Å². The van der Waals surface area contributed by atoms with E-state index in [1.165, 1.54) is 0 Å². The Balaban J connectivity index is 1.63. The Labute approximate surface area is 279 Å². The SMILES string of the molecule is C=CCN(C)C(=O)[C@H]1[C@H]2C(=O)N([C@@H](CO)Cc3ccccc3)C(C(=O)N(CC=C)c3ccc(N(CC)CC)cc3)C23CC(C)[C@]1(C)O3. The molecule has 5 rings (SSSR count). The summed E-state index contributed by atoms with van der Waals surface area (Å²) in [7, 11) is 1.70. The Hall–Kier alpha value is -3.95. The first kappa shape index (κ1) is 34.4. The fourth-order valence-electron chi connectivity index (χ4n) is 8.41. The molecule has 2 aromatic carbocycles. The molecule has 3 unspecified atom stereocenters. The van der Waals surface area contributed by atoms with Gasteiger partial charge in [0.05, 0.1) is 30.1 Å². The highest BCUT2D eigenvalue weighted by Gasteiger charge is 2.80. The third kappa shape index (κ3) is 5.67. The van der Waals surface area contributed by atoms with E-state index in [0.29, 0.717) is 25.1 Å². The number of ether oxygens (including phenoxy) is 1. The molecular weight excluding hydrogens is 592 g/mol. The quantitative estimate of drug-likeness (QED) is 0.309. The number of hydrogen-bond donors (Lipinski definition) is 1. The average Bonchev–Trinajstić information content (AvgIpc) is 3.59. The van der Waals surface area contributed by atoms with Gasteiger partial charge in [-0.15, -0.1) is 13.2 Å². The van der Waals surface area contributed by atoms with Crippen LogP contribution in [0.5, 0.6) is 0 Å². The Morgan fingerprint density at radius 1 is 1.02 bits per heavy atom. The van der Waals surface area contributed by atoms with Crippen LogP contribution >= 0.6 is 0 Å². The molecule has 0 aliphatic carbocycles. The zero-order chi connectivity index (χ0) is 34.1. The molecule has 0 saturated carbocycles. The third-order valence-corrected chi connectivity index (χ3v) is 10.8. The number of fused-ring (bicyclic) bond motifs is 1. The molecule has 1 N–H and O–H groups in total. The maximum Gasteiger partial charge on any atom is 0.253 e. The van der Waals surface area contributed by atoms with Gasteiger partial charge in [-0.25, -0.2) is 0 Å². The van der Waals surface area contributed by atoms with Gasteiger partial charge in [0, 0.05) is 44.6 Å². The highest BCUT2D eigenvalue weighted by atomic mass is 16.5. The molecule has 3 heterocycles. The Morgan fingerprint density at radius 3 is 2.21 bits per heavy atom. The zero-order valence-electron chi connectivity index (χ0n) is 28.5. The van der Waals surface area contributed by atoms with E-state index >= 15 is 4.79 Å². The molecule has 3 aliphatic heterocycles. The third-order valence-electron chi connectivity index (χ3n) is 10.8. The molecule has 3 saturated heterocycles. The summed E-state index contributed by atoms with van der Waals surface area (Å²) in [5, 5.41) is 10.9. The van der Waals surface area contributed by atoms with Gasteiger partial charge in [-0.05, 0) is 69.4 Å². The molecule has 2 bridgehead atoms. The smallest absolute Gasteiger partial charge is 0.253 e. The van der Waals surface area contributed by atoms with Gasteiger partial charge < -0.3 is 29.4 Å². The van der Waals surface area contributed by atoms with Gasteiger partial charge >= 0.3 is 0 Å². The lowest BCUT2D eigenvalue weighted by Gasteiger charge is -2.39. The number of rotatable bonds is 14. The van der Waals surface area contributed by atoms with Crippen molar-refractivity contribution in [3.63, 3.8) is 0 Å². The standard InChI is InChI=1S/C38H50N4O5/c1-8-21-39(7)34(44)31-32-35(45)42(30(25-43)23-27-15-13-12-14-16-27)33(38(32)24-26(5)37(31,6)47-38)36(46)41(22-9-2)29-19-17-28(18-20-29)40(10-3)11-4/h8-9,12-20,26,30-33,43H,1-2,10-11,21-25H2,3-7H3/t26?,30-,31-,32+,33?,37+,38?/m1/s1. The Kier molecular flexibility index (Phi) is 9.99. The van der Waals surface area contributed by atoms with Crippen molar-refractivity contribution < 1.29 is 24.2 Å². The molecule has 1 spiro atoms. The number of likely N-dealkylation sites (tertiary alicyclic amines) is 1. The fraction of sp³-hybridized carbons (Fsp3) is 0.500. The van der Waals surface area contributed by atoms with Gasteiger partial charge in [-0.3, -0.25) is 14.4 Å². The average molecular weight is 643 g/mol. The molecule has 0 aromatic heterocycles. The lowest BCUT2D eigenvalue weighted by Crippen LogP contribution is -2.59. The Bertz CT molecular complexity index is 1480. The zero-order valence-corrected chi connectivity index (χ0v) is 28.5. The first-order chi connectivity index (χ1) is 22.5. The van der Waals surface area contributed by atoms with Crippen molar-refractivity contribution >= 4 is 29.1 Å². The lowest BCUT2D eigenvalue weighted by molar-refractivity contribution is -0.153. The van der Waals surface area contributed by atoms with E-state index in [1.54, 1.807) is 33.9 Å². The predicted molar refractivity (Wildman–Crippen MR) is 185 cm³/mol. The Morgan fingerprint density at radius 2 is 1.64 bits per heavy atom. The fourth-order valence-corrected chi connectivity index (χ4v) is 8.41. The van der Waals surface area contributed by atoms with Crippen LogP contribution in [0.1, 0.15) is 39.7 Å². The second-order valence-corrected chi connectivity index (χ2v) is 13.4. The van der Waals surface area contributed by atoms with Crippen molar-refractivity contribution in [3.8, 4) is 0 Å². The highest BCUT2D eigenvalue weighted by molar-refractivity contribution is 6.05. The summed E-state index contributed by atoms with van der Waals surface area (Å²) in [6.45, 7) is 17.8. The van der Waals surface area contributed by atoms with Crippen LogP contribution in [0, 0.1) is 17.8 Å². The van der Waals surface area contributed by atoms with E-state index in [0.717, 1.165) is 24.3 Å². The van der Waals surface area contributed by atoms with Crippen molar-refractivity contribution in [2.45, 2.75) is 63.8 Å². The molecule has 3 amide bonds. The van der Waals surface area contributed by atoms with Crippen LogP contribution in [0.2, 0.25) is 0 Å². The van der Waals surface area contributed by atoms with E-state index < -0.39 is 35.1 Å². The van der Waals surface area contributed by atoms with E-state index in [-0.39, 0.29) is 36.8 Å². The van der Waals surface area contributed by atoms with E-state index in [4.69, 9.17) is 4.74 Å².